The molecule has 0 spiro atoms. The van der Waals surface area contributed by atoms with E-state index >= 15 is 0 Å². The Morgan fingerprint density at radius 2 is 1.72 bits per heavy atom. The fourth-order valence-corrected chi connectivity index (χ4v) is 2.52. The predicted molar refractivity (Wildman–Crippen MR) is 100 cm³/mol. The number of para-hydroxylation sites is 1. The Bertz CT molecular complexity index is 625. The van der Waals surface area contributed by atoms with Gasteiger partial charge in [0, 0.05) is 6.54 Å². The van der Waals surface area contributed by atoms with Crippen LogP contribution >= 0.6 is 0 Å². The van der Waals surface area contributed by atoms with Gasteiger partial charge in [0.25, 0.3) is 5.91 Å². The molecule has 2 aromatic rings. The Balaban J connectivity index is 1.71. The molecular weight excluding hydrogens is 314 g/mol. The average Bonchev–Trinajstić information content (AvgIpc) is 2.65. The molecule has 134 valence electrons. The quantitative estimate of drug-likeness (QED) is 0.665. The summed E-state index contributed by atoms with van der Waals surface area (Å²) in [5.74, 6) is 1.56. The molecule has 25 heavy (non-hydrogen) atoms. The lowest BCUT2D eigenvalue weighted by Crippen LogP contribution is -2.38. The van der Waals surface area contributed by atoms with Gasteiger partial charge in [-0.05, 0) is 56.0 Å². The fraction of sp³-hybridized carbons (Fsp3) is 0.381. The number of carbonyl (C=O) groups is 1. The van der Waals surface area contributed by atoms with E-state index in [-0.39, 0.29) is 5.91 Å². The summed E-state index contributed by atoms with van der Waals surface area (Å²) in [6, 6.07) is 17.6. The van der Waals surface area contributed by atoms with Crippen LogP contribution in [-0.4, -0.2) is 25.2 Å². The maximum Gasteiger partial charge on any atom is 0.261 e. The minimum Gasteiger partial charge on any atom is -0.494 e. The van der Waals surface area contributed by atoms with Crippen LogP contribution in [0, 0.1) is 0 Å². The molecule has 0 radical (unpaired) electrons. The predicted octanol–water partition coefficient (Wildman–Crippen LogP) is 3.99. The summed E-state index contributed by atoms with van der Waals surface area (Å²) in [5.41, 5.74) is 1.24. The van der Waals surface area contributed by atoms with Crippen LogP contribution in [-0.2, 0) is 11.2 Å². The van der Waals surface area contributed by atoms with E-state index in [2.05, 4.69) is 17.4 Å². The number of nitrogens with one attached hydrogen (secondary N) is 1. The number of carbonyl (C=O) groups excluding carboxylic acids is 1. The summed E-state index contributed by atoms with van der Waals surface area (Å²) >= 11 is 0. The van der Waals surface area contributed by atoms with Crippen molar-refractivity contribution < 1.29 is 14.3 Å². The van der Waals surface area contributed by atoms with Gasteiger partial charge in [-0.15, -0.1) is 0 Å². The van der Waals surface area contributed by atoms with E-state index in [9.17, 15) is 4.79 Å². The SMILES string of the molecule is CCOc1ccc(CCCNC(=O)[C@@H](CC)Oc2ccccc2)cc1. The zero-order valence-electron chi connectivity index (χ0n) is 15.0. The van der Waals surface area contributed by atoms with Gasteiger partial charge in [-0.2, -0.15) is 0 Å². The highest BCUT2D eigenvalue weighted by molar-refractivity contribution is 5.81. The van der Waals surface area contributed by atoms with E-state index in [4.69, 9.17) is 9.47 Å². The molecule has 0 saturated heterocycles. The summed E-state index contributed by atoms with van der Waals surface area (Å²) in [4.78, 5) is 12.3. The molecule has 0 heterocycles. The zero-order chi connectivity index (χ0) is 17.9. The lowest BCUT2D eigenvalue weighted by Gasteiger charge is -2.17. The van der Waals surface area contributed by atoms with Crippen LogP contribution in [0.1, 0.15) is 32.3 Å². The van der Waals surface area contributed by atoms with Crippen molar-refractivity contribution in [2.75, 3.05) is 13.2 Å². The van der Waals surface area contributed by atoms with Gasteiger partial charge in [-0.3, -0.25) is 4.79 Å². The van der Waals surface area contributed by atoms with Crippen molar-refractivity contribution in [1.82, 2.24) is 5.32 Å². The average molecular weight is 341 g/mol. The zero-order valence-corrected chi connectivity index (χ0v) is 15.0. The van der Waals surface area contributed by atoms with E-state index in [1.807, 2.05) is 56.3 Å². The molecule has 0 fully saturated rings. The van der Waals surface area contributed by atoms with Crippen molar-refractivity contribution >= 4 is 5.91 Å². The van der Waals surface area contributed by atoms with Gasteiger partial charge < -0.3 is 14.8 Å². The van der Waals surface area contributed by atoms with Crippen molar-refractivity contribution in [2.45, 2.75) is 39.2 Å². The molecule has 0 bridgehead atoms. The second kappa shape index (κ2) is 10.4. The van der Waals surface area contributed by atoms with Gasteiger partial charge in [-0.1, -0.05) is 37.3 Å². The van der Waals surface area contributed by atoms with Crippen molar-refractivity contribution in [3.63, 3.8) is 0 Å². The van der Waals surface area contributed by atoms with Gasteiger partial charge in [-0.25, -0.2) is 0 Å². The lowest BCUT2D eigenvalue weighted by molar-refractivity contribution is -0.128. The number of hydrogen-bond acceptors (Lipinski definition) is 3. The first-order chi connectivity index (χ1) is 12.2. The minimum absolute atomic E-state index is 0.0574. The highest BCUT2D eigenvalue weighted by atomic mass is 16.5. The van der Waals surface area contributed by atoms with Crippen LogP contribution in [0.5, 0.6) is 11.5 Å². The largest absolute Gasteiger partial charge is 0.494 e. The molecule has 0 aliphatic rings. The van der Waals surface area contributed by atoms with Crippen LogP contribution in [0.25, 0.3) is 0 Å². The van der Waals surface area contributed by atoms with Crippen LogP contribution in [0.15, 0.2) is 54.6 Å². The highest BCUT2D eigenvalue weighted by Crippen LogP contribution is 2.14. The maximum atomic E-state index is 12.3. The smallest absolute Gasteiger partial charge is 0.261 e. The lowest BCUT2D eigenvalue weighted by atomic mass is 10.1. The molecule has 2 aromatic carbocycles. The Morgan fingerprint density at radius 3 is 2.36 bits per heavy atom. The third kappa shape index (κ3) is 6.49. The summed E-state index contributed by atoms with van der Waals surface area (Å²) < 4.78 is 11.2. The molecule has 4 nitrogen and oxygen atoms in total. The Labute approximate surface area is 150 Å². The standard InChI is InChI=1S/C21H27NO3/c1-3-20(25-19-10-6-5-7-11-19)21(23)22-16-8-9-17-12-14-18(15-13-17)24-4-2/h5-7,10-15,20H,3-4,8-9,16H2,1-2H3,(H,22,23)/t20-/m1/s1. The maximum absolute atomic E-state index is 12.3. The molecule has 0 unspecified atom stereocenters. The Hall–Kier alpha value is -2.49. The molecule has 4 heteroatoms. The molecule has 0 aromatic heterocycles. The third-order valence-electron chi connectivity index (χ3n) is 3.86. The van der Waals surface area contributed by atoms with Gasteiger partial charge in [0.05, 0.1) is 6.61 Å². The number of aryl methyl sites for hydroxylation is 1. The number of rotatable bonds is 10. The molecular formula is C21H27NO3. The number of hydrogen-bond donors (Lipinski definition) is 1. The topological polar surface area (TPSA) is 47.6 Å². The highest BCUT2D eigenvalue weighted by Gasteiger charge is 2.17. The second-order valence-corrected chi connectivity index (χ2v) is 5.80. The third-order valence-corrected chi connectivity index (χ3v) is 3.86. The first-order valence-electron chi connectivity index (χ1n) is 8.94. The molecule has 1 amide bonds. The summed E-state index contributed by atoms with van der Waals surface area (Å²) in [6.07, 6.45) is 2.00. The number of benzene rings is 2. The fourth-order valence-electron chi connectivity index (χ4n) is 2.52. The Morgan fingerprint density at radius 1 is 1.00 bits per heavy atom. The van der Waals surface area contributed by atoms with Crippen molar-refractivity contribution in [2.24, 2.45) is 0 Å². The van der Waals surface area contributed by atoms with E-state index in [0.29, 0.717) is 19.6 Å². The summed E-state index contributed by atoms with van der Waals surface area (Å²) in [6.45, 7) is 5.24. The van der Waals surface area contributed by atoms with Gasteiger partial charge in [0.15, 0.2) is 6.10 Å². The summed E-state index contributed by atoms with van der Waals surface area (Å²) in [7, 11) is 0. The van der Waals surface area contributed by atoms with Crippen LogP contribution in [0.4, 0.5) is 0 Å². The molecule has 2 rings (SSSR count). The van der Waals surface area contributed by atoms with E-state index in [1.165, 1.54) is 5.56 Å². The minimum atomic E-state index is -0.451. The molecule has 0 aliphatic carbocycles. The van der Waals surface area contributed by atoms with Gasteiger partial charge in [0.2, 0.25) is 0 Å². The second-order valence-electron chi connectivity index (χ2n) is 5.80. The number of ether oxygens (including phenoxy) is 2. The van der Waals surface area contributed by atoms with E-state index in [1.54, 1.807) is 0 Å². The molecule has 0 saturated carbocycles. The monoisotopic (exact) mass is 341 g/mol. The Kier molecular flexibility index (Phi) is 7.83. The van der Waals surface area contributed by atoms with Crippen molar-refractivity contribution in [1.29, 1.82) is 0 Å². The molecule has 0 aliphatic heterocycles. The molecule has 1 N–H and O–H groups in total. The van der Waals surface area contributed by atoms with Crippen LogP contribution in [0.3, 0.4) is 0 Å². The van der Waals surface area contributed by atoms with Crippen LogP contribution < -0.4 is 14.8 Å². The normalized spacial score (nSPS) is 11.6. The van der Waals surface area contributed by atoms with Crippen molar-refractivity contribution in [3.8, 4) is 11.5 Å². The van der Waals surface area contributed by atoms with Gasteiger partial charge >= 0.3 is 0 Å². The van der Waals surface area contributed by atoms with Crippen molar-refractivity contribution in [3.05, 3.63) is 60.2 Å². The molecule has 1 atom stereocenters. The number of amides is 1. The van der Waals surface area contributed by atoms with Crippen LogP contribution in [0.2, 0.25) is 0 Å². The first kappa shape index (κ1) is 18.8. The van der Waals surface area contributed by atoms with E-state index in [0.717, 1.165) is 24.3 Å². The summed E-state index contributed by atoms with van der Waals surface area (Å²) in [5, 5.41) is 2.97. The van der Waals surface area contributed by atoms with E-state index < -0.39 is 6.10 Å². The van der Waals surface area contributed by atoms with Gasteiger partial charge in [0.1, 0.15) is 11.5 Å². The first-order valence-corrected chi connectivity index (χ1v) is 8.94.